The van der Waals surface area contributed by atoms with Gasteiger partial charge in [-0.3, -0.25) is 9.69 Å². The predicted octanol–water partition coefficient (Wildman–Crippen LogP) is 1.99. The number of morpholine rings is 1. The highest BCUT2D eigenvalue weighted by Crippen LogP contribution is 2.40. The van der Waals surface area contributed by atoms with Crippen molar-refractivity contribution < 1.29 is 18.3 Å². The Morgan fingerprint density at radius 3 is 2.74 bits per heavy atom. The van der Waals surface area contributed by atoms with Crippen LogP contribution >= 0.6 is 0 Å². The van der Waals surface area contributed by atoms with E-state index in [4.69, 9.17) is 4.74 Å². The third kappa shape index (κ3) is 4.08. The fourth-order valence-corrected chi connectivity index (χ4v) is 3.39. The molecule has 1 N–H and O–H groups in total. The summed E-state index contributed by atoms with van der Waals surface area (Å²) in [6, 6.07) is 2.80. The smallest absolute Gasteiger partial charge is 0.280 e. The van der Waals surface area contributed by atoms with Crippen LogP contribution in [0.3, 0.4) is 0 Å². The number of fused-ring (bicyclic) bond motifs is 1. The number of hydrogen-bond acceptors (Lipinski definition) is 5. The molecule has 146 valence electrons. The summed E-state index contributed by atoms with van der Waals surface area (Å²) in [5, 5.41) is 6.97. The number of ether oxygens (including phenoxy) is 1. The Balaban J connectivity index is 1.50. The van der Waals surface area contributed by atoms with Crippen molar-refractivity contribution in [2.45, 2.75) is 38.2 Å². The standard InChI is InChI=1S/C18H23F2N5O2/c1-11(10-24-4-6-27-7-5-24)21-18(26)14-9-16-22-13(12-2-3-12)8-15(17(19)20)25(16)23-14/h8-9,11-12,17H,2-7,10H2,1H3,(H,21,26)/t11-/m0/s1. The van der Waals surface area contributed by atoms with Crippen LogP contribution in [0.25, 0.3) is 5.65 Å². The quantitative estimate of drug-likeness (QED) is 0.831. The van der Waals surface area contributed by atoms with E-state index in [0.717, 1.165) is 30.4 Å². The van der Waals surface area contributed by atoms with Crippen LogP contribution in [0.1, 0.15) is 54.0 Å². The second-order valence-electron chi connectivity index (χ2n) is 7.27. The van der Waals surface area contributed by atoms with Crippen molar-refractivity contribution in [2.75, 3.05) is 32.8 Å². The molecule has 1 saturated heterocycles. The highest BCUT2D eigenvalue weighted by molar-refractivity contribution is 5.93. The summed E-state index contributed by atoms with van der Waals surface area (Å²) in [5.74, 6) is -0.136. The Labute approximate surface area is 155 Å². The summed E-state index contributed by atoms with van der Waals surface area (Å²) in [5.41, 5.74) is 0.833. The number of aromatic nitrogens is 3. The molecule has 9 heteroatoms. The first-order chi connectivity index (χ1) is 13.0. The topological polar surface area (TPSA) is 71.8 Å². The molecule has 2 aromatic rings. The molecular formula is C18H23F2N5O2. The van der Waals surface area contributed by atoms with Crippen LogP contribution in [0.15, 0.2) is 12.1 Å². The predicted molar refractivity (Wildman–Crippen MR) is 94.1 cm³/mol. The minimum absolute atomic E-state index is 0.0926. The van der Waals surface area contributed by atoms with E-state index >= 15 is 0 Å². The van der Waals surface area contributed by atoms with Crippen LogP contribution < -0.4 is 5.32 Å². The van der Waals surface area contributed by atoms with Crippen molar-refractivity contribution in [1.29, 1.82) is 0 Å². The zero-order chi connectivity index (χ0) is 19.0. The first-order valence-corrected chi connectivity index (χ1v) is 9.31. The maximum Gasteiger partial charge on any atom is 0.280 e. The van der Waals surface area contributed by atoms with E-state index in [1.54, 1.807) is 0 Å². The molecule has 1 amide bonds. The fourth-order valence-electron chi connectivity index (χ4n) is 3.39. The largest absolute Gasteiger partial charge is 0.379 e. The molecule has 0 radical (unpaired) electrons. The van der Waals surface area contributed by atoms with Crippen LogP contribution in [0.4, 0.5) is 8.78 Å². The van der Waals surface area contributed by atoms with E-state index in [9.17, 15) is 13.6 Å². The van der Waals surface area contributed by atoms with Gasteiger partial charge in [-0.05, 0) is 25.8 Å². The number of nitrogens with one attached hydrogen (secondary N) is 1. The SMILES string of the molecule is C[C@@H](CN1CCOCC1)NC(=O)c1cc2nc(C3CC3)cc(C(F)F)n2n1. The number of alkyl halides is 2. The molecule has 0 aromatic carbocycles. The van der Waals surface area contributed by atoms with Gasteiger partial charge in [0.1, 0.15) is 5.69 Å². The molecular weight excluding hydrogens is 356 g/mol. The normalized spacial score (nSPS) is 19.6. The number of nitrogens with zero attached hydrogens (tertiary/aromatic N) is 4. The van der Waals surface area contributed by atoms with Gasteiger partial charge >= 0.3 is 0 Å². The third-order valence-electron chi connectivity index (χ3n) is 4.94. The summed E-state index contributed by atoms with van der Waals surface area (Å²) in [6.07, 6.45) is -0.747. The molecule has 7 nitrogen and oxygen atoms in total. The van der Waals surface area contributed by atoms with Gasteiger partial charge in [0, 0.05) is 43.4 Å². The van der Waals surface area contributed by atoms with Gasteiger partial charge in [-0.2, -0.15) is 5.10 Å². The summed E-state index contributed by atoms with van der Waals surface area (Å²) in [6.45, 7) is 5.67. The molecule has 2 aliphatic rings. The van der Waals surface area contributed by atoms with E-state index in [1.807, 2.05) is 6.92 Å². The highest BCUT2D eigenvalue weighted by atomic mass is 19.3. The monoisotopic (exact) mass is 379 g/mol. The molecule has 27 heavy (non-hydrogen) atoms. The Kier molecular flexibility index (Phi) is 5.05. The van der Waals surface area contributed by atoms with Gasteiger partial charge in [-0.25, -0.2) is 18.3 Å². The third-order valence-corrected chi connectivity index (χ3v) is 4.94. The van der Waals surface area contributed by atoms with Gasteiger partial charge in [-0.1, -0.05) is 0 Å². The molecule has 2 aromatic heterocycles. The van der Waals surface area contributed by atoms with E-state index in [2.05, 4.69) is 20.3 Å². The van der Waals surface area contributed by atoms with Crippen LogP contribution in [-0.4, -0.2) is 64.3 Å². The first kappa shape index (κ1) is 18.2. The van der Waals surface area contributed by atoms with Gasteiger partial charge in [0.05, 0.1) is 13.2 Å². The molecule has 0 spiro atoms. The number of amides is 1. The van der Waals surface area contributed by atoms with E-state index < -0.39 is 6.43 Å². The summed E-state index contributed by atoms with van der Waals surface area (Å²) in [4.78, 5) is 19.2. The minimum Gasteiger partial charge on any atom is -0.379 e. The Morgan fingerprint density at radius 2 is 2.07 bits per heavy atom. The van der Waals surface area contributed by atoms with Crippen LogP contribution in [0.2, 0.25) is 0 Å². The van der Waals surface area contributed by atoms with Gasteiger partial charge in [-0.15, -0.1) is 0 Å². The first-order valence-electron chi connectivity index (χ1n) is 9.31. The molecule has 0 bridgehead atoms. The summed E-state index contributed by atoms with van der Waals surface area (Å²) >= 11 is 0. The minimum atomic E-state index is -2.68. The lowest BCUT2D eigenvalue weighted by atomic mass is 10.2. The Bertz CT molecular complexity index is 831. The van der Waals surface area contributed by atoms with Crippen molar-refractivity contribution in [2.24, 2.45) is 0 Å². The number of hydrogen-bond donors (Lipinski definition) is 1. The van der Waals surface area contributed by atoms with Crippen LogP contribution in [0.5, 0.6) is 0 Å². The van der Waals surface area contributed by atoms with Crippen molar-refractivity contribution in [3.05, 3.63) is 29.2 Å². The average Bonchev–Trinajstić information content (AvgIpc) is 3.40. The van der Waals surface area contributed by atoms with E-state index in [1.165, 1.54) is 12.1 Å². The van der Waals surface area contributed by atoms with Gasteiger partial charge < -0.3 is 10.1 Å². The van der Waals surface area contributed by atoms with Crippen molar-refractivity contribution in [1.82, 2.24) is 24.8 Å². The molecule has 1 atom stereocenters. The molecule has 1 aliphatic carbocycles. The number of carbonyl (C=O) groups is 1. The number of halogens is 2. The van der Waals surface area contributed by atoms with Gasteiger partial charge in [0.25, 0.3) is 12.3 Å². The number of rotatable bonds is 6. The molecule has 1 saturated carbocycles. The molecule has 3 heterocycles. The van der Waals surface area contributed by atoms with Gasteiger partial charge in [0.2, 0.25) is 0 Å². The Hall–Kier alpha value is -2.13. The lowest BCUT2D eigenvalue weighted by Crippen LogP contribution is -2.46. The fraction of sp³-hybridized carbons (Fsp3) is 0.611. The summed E-state index contributed by atoms with van der Waals surface area (Å²) in [7, 11) is 0. The van der Waals surface area contributed by atoms with Crippen molar-refractivity contribution in [3.8, 4) is 0 Å². The van der Waals surface area contributed by atoms with Crippen LogP contribution in [0, 0.1) is 0 Å². The van der Waals surface area contributed by atoms with Crippen molar-refractivity contribution >= 4 is 11.6 Å². The average molecular weight is 379 g/mol. The number of carbonyl (C=O) groups excluding carboxylic acids is 1. The van der Waals surface area contributed by atoms with Crippen LogP contribution in [-0.2, 0) is 4.74 Å². The lowest BCUT2D eigenvalue weighted by Gasteiger charge is -2.29. The van der Waals surface area contributed by atoms with Crippen molar-refractivity contribution in [3.63, 3.8) is 0 Å². The van der Waals surface area contributed by atoms with E-state index in [0.29, 0.717) is 31.1 Å². The second-order valence-corrected chi connectivity index (χ2v) is 7.27. The maximum atomic E-state index is 13.4. The molecule has 2 fully saturated rings. The maximum absolute atomic E-state index is 13.4. The summed E-state index contributed by atoms with van der Waals surface area (Å²) < 4.78 is 33.3. The highest BCUT2D eigenvalue weighted by Gasteiger charge is 2.28. The molecule has 4 rings (SSSR count). The lowest BCUT2D eigenvalue weighted by molar-refractivity contribution is 0.0342. The second kappa shape index (κ2) is 7.47. The van der Waals surface area contributed by atoms with E-state index in [-0.39, 0.29) is 29.3 Å². The Morgan fingerprint density at radius 1 is 1.33 bits per heavy atom. The zero-order valence-corrected chi connectivity index (χ0v) is 15.2. The molecule has 1 aliphatic heterocycles. The molecule has 0 unspecified atom stereocenters. The van der Waals surface area contributed by atoms with Gasteiger partial charge in [0.15, 0.2) is 11.3 Å². The zero-order valence-electron chi connectivity index (χ0n) is 15.2.